The third-order valence-corrected chi connectivity index (χ3v) is 9.22. The van der Waals surface area contributed by atoms with Crippen LogP contribution in [0.2, 0.25) is 0 Å². The first-order chi connectivity index (χ1) is 23.6. The Morgan fingerprint density at radius 3 is 1.76 bits per heavy atom. The number of aryl methyl sites for hydroxylation is 1. The summed E-state index contributed by atoms with van der Waals surface area (Å²) in [4.78, 5) is 4.85. The van der Waals surface area contributed by atoms with E-state index < -0.39 is 0 Å². The summed E-state index contributed by atoms with van der Waals surface area (Å²) in [6.45, 7) is 3.65. The van der Waals surface area contributed by atoms with Crippen LogP contribution in [-0.2, 0) is 6.42 Å². The standard InChI is InChI=1S/C35H16B13N2/c1-3-17-49-15-9-4-5-10-16(15)50(17)14-8-6-7-13(11-14)18-19-20(27(40)32(45)31(44)26(19)39)21(25(38)22(18)28(41)24(37)12(2)36)23-29(42)33(46)35(48)34(47)30(23)43/h4-11H,3H2,1-2H3/b24-12-,28-22+. The molecule has 0 atom stereocenters. The van der Waals surface area contributed by atoms with Gasteiger partial charge in [-0.05, 0) is 0 Å². The van der Waals surface area contributed by atoms with Crippen LogP contribution >= 0.6 is 0 Å². The Hall–Kier alpha value is -3.72. The van der Waals surface area contributed by atoms with Crippen LogP contribution in [0.4, 0.5) is 0 Å². The number of rotatable bonds is 5. The Morgan fingerprint density at radius 1 is 0.640 bits per heavy atom. The maximum absolute atomic E-state index is 7.17. The van der Waals surface area contributed by atoms with Crippen LogP contribution in [0.1, 0.15) is 19.7 Å². The summed E-state index contributed by atoms with van der Waals surface area (Å²) >= 11 is 0. The molecule has 0 unspecified atom stereocenters. The molecule has 6 aromatic rings. The van der Waals surface area contributed by atoms with E-state index in [4.69, 9.17) is 107 Å². The van der Waals surface area contributed by atoms with Gasteiger partial charge in [-0.15, -0.1) is 0 Å². The molecule has 205 valence electrons. The molecule has 0 N–H and O–H groups in total. The van der Waals surface area contributed by atoms with Crippen LogP contribution in [0.15, 0.2) is 59.5 Å². The zero-order valence-electron chi connectivity index (χ0n) is 27.7. The molecule has 0 saturated heterocycles. The molecule has 0 aliphatic rings. The van der Waals surface area contributed by atoms with Gasteiger partial charge in [-0.25, -0.2) is 0 Å². The van der Waals surface area contributed by atoms with E-state index in [-0.39, 0.29) is 92.4 Å². The van der Waals surface area contributed by atoms with Gasteiger partial charge in [0.25, 0.3) is 0 Å². The average Bonchev–Trinajstić information content (AvgIpc) is 3.50. The Kier molecular flexibility index (Phi) is 9.70. The van der Waals surface area contributed by atoms with Crippen LogP contribution in [0, 0.1) is 5.11 Å². The van der Waals surface area contributed by atoms with Crippen molar-refractivity contribution in [2.45, 2.75) is 20.3 Å². The van der Waals surface area contributed by atoms with Crippen molar-refractivity contribution in [2.75, 3.05) is 0 Å². The Labute approximate surface area is 310 Å². The minimum atomic E-state index is -0.0130. The summed E-state index contributed by atoms with van der Waals surface area (Å²) in [7, 11) is 85.4. The summed E-state index contributed by atoms with van der Waals surface area (Å²) in [5, 5.41) is 0.926. The van der Waals surface area contributed by atoms with E-state index in [0.29, 0.717) is 22.9 Å². The van der Waals surface area contributed by atoms with Crippen molar-refractivity contribution < 1.29 is 0 Å². The Balaban J connectivity index is 1.92. The van der Waals surface area contributed by atoms with E-state index in [9.17, 15) is 0 Å². The van der Waals surface area contributed by atoms with Gasteiger partial charge in [0.05, 0.1) is 0 Å². The van der Waals surface area contributed by atoms with Crippen molar-refractivity contribution >= 4 is 178 Å². The first-order valence-corrected chi connectivity index (χ1v) is 15.6. The molecule has 0 bridgehead atoms. The molecule has 0 aliphatic carbocycles. The molecular weight excluding hydrogens is 589 g/mol. The van der Waals surface area contributed by atoms with Crippen molar-refractivity contribution in [3.63, 3.8) is 0 Å². The number of fused-ring (bicyclic) bond motifs is 2. The van der Waals surface area contributed by atoms with Gasteiger partial charge in [0.2, 0.25) is 0 Å². The summed E-state index contributed by atoms with van der Waals surface area (Å²) in [6, 6.07) is 15.6. The summed E-state index contributed by atoms with van der Waals surface area (Å²) in [6.07, 6.45) is 0.669. The van der Waals surface area contributed by atoms with Gasteiger partial charge in [-0.2, -0.15) is 0 Å². The second-order valence-corrected chi connectivity index (χ2v) is 12.2. The third kappa shape index (κ3) is 5.46. The van der Waals surface area contributed by atoms with E-state index in [1.54, 1.807) is 6.92 Å². The van der Waals surface area contributed by atoms with Crippen molar-refractivity contribution in [1.29, 1.82) is 0 Å². The second-order valence-electron chi connectivity index (χ2n) is 12.2. The number of hydrogen-bond donors (Lipinski definition) is 0. The monoisotopic (exact) mass is 607 g/mol. The normalized spacial score (nSPS) is 12.7. The van der Waals surface area contributed by atoms with E-state index in [1.807, 2.05) is 55.5 Å². The van der Waals surface area contributed by atoms with E-state index in [1.165, 1.54) is 0 Å². The van der Waals surface area contributed by atoms with E-state index in [2.05, 4.69) is 4.57 Å². The number of allylic oxidation sites excluding steroid dienone is 2. The molecule has 2 nitrogen and oxygen atoms in total. The summed E-state index contributed by atoms with van der Waals surface area (Å²) < 4.78 is 2.08. The molecule has 0 saturated carbocycles. The predicted octanol–water partition coefficient (Wildman–Crippen LogP) is -4.52. The number of nitrogens with zero attached hydrogens (tertiary/aromatic N) is 2. The predicted molar refractivity (Wildman–Crippen MR) is 225 cm³/mol. The zero-order chi connectivity index (χ0) is 36.5. The van der Waals surface area contributed by atoms with Gasteiger partial charge in [0.1, 0.15) is 0 Å². The molecule has 0 fully saturated rings. The van der Waals surface area contributed by atoms with Gasteiger partial charge in [0, 0.05) is 0 Å². The quantitative estimate of drug-likeness (QED) is 0.182. The number of benzene rings is 5. The molecule has 0 aliphatic heterocycles. The van der Waals surface area contributed by atoms with Crippen molar-refractivity contribution in [3.8, 4) is 27.9 Å². The Bertz CT molecular complexity index is 2560. The molecule has 25 radical (unpaired) electrons. The third-order valence-electron chi connectivity index (χ3n) is 9.22. The first-order valence-electron chi connectivity index (χ1n) is 15.6. The van der Waals surface area contributed by atoms with E-state index in [0.717, 1.165) is 22.5 Å². The first kappa shape index (κ1) is 36.1. The molecular formula is C35H16B13N2. The van der Waals surface area contributed by atoms with Crippen molar-refractivity contribution in [2.24, 2.45) is 0 Å². The average molecular weight is 605 g/mol. The van der Waals surface area contributed by atoms with Gasteiger partial charge in [-0.1, -0.05) is 0 Å². The molecule has 6 rings (SSSR count). The van der Waals surface area contributed by atoms with Crippen molar-refractivity contribution in [1.82, 2.24) is 9.55 Å². The fraction of sp³-hybridized carbons (Fsp3) is 0.0857. The van der Waals surface area contributed by atoms with Gasteiger partial charge in [-0.3, -0.25) is 0 Å². The molecule has 15 heteroatoms. The fourth-order valence-corrected chi connectivity index (χ4v) is 6.56. The molecule has 0 amide bonds. The number of imidazole rings is 1. The van der Waals surface area contributed by atoms with Crippen molar-refractivity contribution in [3.05, 3.63) is 75.6 Å². The number of hydrogen-bond acceptors (Lipinski definition) is 1. The second kappa shape index (κ2) is 13.4. The SMILES string of the molecule is [B]/C(C)=C([B])/C([B])=c1/c(-c2cccc(-n3c(CC)nc4ccccc43)c2)c2c([B])c([B])c([B])c([B])c2c(-c2c([B])c([B])c([B])c([B])c2[B])c1=[B]. The molecule has 50 heavy (non-hydrogen) atoms. The number of para-hydroxylation sites is 2. The molecule has 0 spiro atoms. The fourth-order valence-electron chi connectivity index (χ4n) is 6.56. The van der Waals surface area contributed by atoms with E-state index >= 15 is 0 Å². The molecule has 1 heterocycles. The number of aromatic nitrogens is 2. The molecule has 1 aromatic heterocycles. The van der Waals surface area contributed by atoms with Gasteiger partial charge >= 0.3 is 311 Å². The van der Waals surface area contributed by atoms with Crippen LogP contribution in [0.25, 0.3) is 55.2 Å². The van der Waals surface area contributed by atoms with Crippen LogP contribution < -0.4 is 54.4 Å². The summed E-state index contributed by atoms with van der Waals surface area (Å²) in [5.41, 5.74) is 4.48. The minimum absolute atomic E-state index is 0.00650. The van der Waals surface area contributed by atoms with Gasteiger partial charge in [0.15, 0.2) is 0 Å². The van der Waals surface area contributed by atoms with Crippen LogP contribution in [0.5, 0.6) is 0 Å². The zero-order valence-corrected chi connectivity index (χ0v) is 27.7. The van der Waals surface area contributed by atoms with Gasteiger partial charge < -0.3 is 0 Å². The summed E-state index contributed by atoms with van der Waals surface area (Å²) in [5.74, 6) is 0.852. The topological polar surface area (TPSA) is 17.8 Å². The molecule has 5 aromatic carbocycles. The van der Waals surface area contributed by atoms with Crippen LogP contribution in [0.3, 0.4) is 0 Å². The maximum atomic E-state index is 7.17. The van der Waals surface area contributed by atoms with Crippen LogP contribution in [-0.4, -0.2) is 111 Å². The Morgan fingerprint density at radius 2 is 1.18 bits per heavy atom.